The number of carbonyl (C=O) groups is 2. The molecule has 1 fully saturated rings. The topological polar surface area (TPSA) is 40.6 Å². The van der Waals surface area contributed by atoms with Gasteiger partial charge in [0.15, 0.2) is 0 Å². The van der Waals surface area contributed by atoms with Crippen LogP contribution in [0.15, 0.2) is 24.3 Å². The van der Waals surface area contributed by atoms with Crippen LogP contribution in [0.3, 0.4) is 0 Å². The maximum atomic E-state index is 13.7. The van der Waals surface area contributed by atoms with Crippen molar-refractivity contribution >= 4 is 11.8 Å². The standard InChI is InChI=1S/C19H27FN2O2/c1-2-3-4-5-6-11-18(23)21-12-14-22(15-13-21)19(24)16-9-7-8-10-17(16)20/h7-10H,2-6,11-15H2,1H3. The highest BCUT2D eigenvalue weighted by Gasteiger charge is 2.25. The Bertz CT molecular complexity index is 554. The number of amides is 2. The molecule has 0 aromatic heterocycles. The van der Waals surface area contributed by atoms with Crippen LogP contribution in [0.4, 0.5) is 4.39 Å². The number of carbonyl (C=O) groups excluding carboxylic acids is 2. The molecule has 0 N–H and O–H groups in total. The van der Waals surface area contributed by atoms with Gasteiger partial charge in [-0.2, -0.15) is 0 Å². The highest BCUT2D eigenvalue weighted by Crippen LogP contribution is 2.14. The first-order chi connectivity index (χ1) is 11.6. The van der Waals surface area contributed by atoms with E-state index in [9.17, 15) is 14.0 Å². The molecule has 0 radical (unpaired) electrons. The zero-order valence-corrected chi connectivity index (χ0v) is 14.5. The smallest absolute Gasteiger partial charge is 0.256 e. The predicted octanol–water partition coefficient (Wildman–Crippen LogP) is 3.47. The molecule has 0 aliphatic carbocycles. The van der Waals surface area contributed by atoms with Gasteiger partial charge in [-0.1, -0.05) is 44.7 Å². The van der Waals surface area contributed by atoms with Crippen LogP contribution in [0.2, 0.25) is 0 Å². The van der Waals surface area contributed by atoms with Gasteiger partial charge in [0.05, 0.1) is 5.56 Å². The number of halogens is 1. The van der Waals surface area contributed by atoms with Gasteiger partial charge in [0.2, 0.25) is 5.91 Å². The second-order valence-electron chi connectivity index (χ2n) is 6.32. The third kappa shape index (κ3) is 5.05. The highest BCUT2D eigenvalue weighted by molar-refractivity contribution is 5.94. The summed E-state index contributed by atoms with van der Waals surface area (Å²) in [6.07, 6.45) is 6.25. The fourth-order valence-electron chi connectivity index (χ4n) is 3.00. The normalized spacial score (nSPS) is 14.8. The SMILES string of the molecule is CCCCCCCC(=O)N1CCN(C(=O)c2ccccc2F)CC1. The van der Waals surface area contributed by atoms with Crippen LogP contribution in [0, 0.1) is 5.82 Å². The van der Waals surface area contributed by atoms with Gasteiger partial charge >= 0.3 is 0 Å². The summed E-state index contributed by atoms with van der Waals surface area (Å²) in [6, 6.07) is 6.04. The summed E-state index contributed by atoms with van der Waals surface area (Å²) in [6.45, 7) is 4.18. The molecule has 2 amide bonds. The van der Waals surface area contributed by atoms with Gasteiger partial charge in [-0.3, -0.25) is 9.59 Å². The van der Waals surface area contributed by atoms with Crippen LogP contribution in [0.5, 0.6) is 0 Å². The van der Waals surface area contributed by atoms with Gasteiger partial charge in [-0.05, 0) is 18.6 Å². The fourth-order valence-corrected chi connectivity index (χ4v) is 3.00. The minimum atomic E-state index is -0.493. The number of hydrogen-bond acceptors (Lipinski definition) is 2. The van der Waals surface area contributed by atoms with Crippen molar-refractivity contribution in [1.82, 2.24) is 9.80 Å². The van der Waals surface area contributed by atoms with E-state index in [1.807, 2.05) is 4.90 Å². The minimum absolute atomic E-state index is 0.105. The van der Waals surface area contributed by atoms with Gasteiger partial charge in [-0.15, -0.1) is 0 Å². The molecule has 1 heterocycles. The van der Waals surface area contributed by atoms with Crippen molar-refractivity contribution in [2.45, 2.75) is 45.4 Å². The molecule has 0 spiro atoms. The van der Waals surface area contributed by atoms with E-state index in [1.54, 1.807) is 17.0 Å². The Morgan fingerprint density at radius 3 is 2.25 bits per heavy atom. The van der Waals surface area contributed by atoms with Crippen LogP contribution in [0.25, 0.3) is 0 Å². The minimum Gasteiger partial charge on any atom is -0.339 e. The molecule has 2 rings (SSSR count). The lowest BCUT2D eigenvalue weighted by Gasteiger charge is -2.35. The van der Waals surface area contributed by atoms with Crippen molar-refractivity contribution in [3.63, 3.8) is 0 Å². The molecule has 1 saturated heterocycles. The fraction of sp³-hybridized carbons (Fsp3) is 0.579. The number of unbranched alkanes of at least 4 members (excludes halogenated alkanes) is 4. The highest BCUT2D eigenvalue weighted by atomic mass is 19.1. The van der Waals surface area contributed by atoms with E-state index in [-0.39, 0.29) is 17.4 Å². The first-order valence-corrected chi connectivity index (χ1v) is 8.95. The van der Waals surface area contributed by atoms with E-state index < -0.39 is 5.82 Å². The van der Waals surface area contributed by atoms with Gasteiger partial charge in [0, 0.05) is 32.6 Å². The van der Waals surface area contributed by atoms with Crippen molar-refractivity contribution in [3.8, 4) is 0 Å². The number of benzene rings is 1. The number of piperazine rings is 1. The van der Waals surface area contributed by atoms with Crippen LogP contribution >= 0.6 is 0 Å². The number of hydrogen-bond donors (Lipinski definition) is 0. The molecule has 0 saturated carbocycles. The van der Waals surface area contributed by atoms with Gasteiger partial charge in [-0.25, -0.2) is 4.39 Å². The number of rotatable bonds is 7. The van der Waals surface area contributed by atoms with Crippen LogP contribution < -0.4 is 0 Å². The third-order valence-electron chi connectivity index (χ3n) is 4.52. The Morgan fingerprint density at radius 1 is 0.958 bits per heavy atom. The Balaban J connectivity index is 1.76. The lowest BCUT2D eigenvalue weighted by Crippen LogP contribution is -2.50. The molecule has 132 valence electrons. The Labute approximate surface area is 143 Å². The van der Waals surface area contributed by atoms with Crippen molar-refractivity contribution in [2.24, 2.45) is 0 Å². The molecule has 4 nitrogen and oxygen atoms in total. The molecule has 24 heavy (non-hydrogen) atoms. The number of nitrogens with zero attached hydrogens (tertiary/aromatic N) is 2. The molecule has 1 aliphatic rings. The van der Waals surface area contributed by atoms with E-state index in [2.05, 4.69) is 6.92 Å². The van der Waals surface area contributed by atoms with Crippen LogP contribution in [-0.4, -0.2) is 47.8 Å². The molecule has 0 unspecified atom stereocenters. The molecule has 1 aromatic carbocycles. The molecular weight excluding hydrogens is 307 g/mol. The van der Waals surface area contributed by atoms with E-state index in [1.165, 1.54) is 31.4 Å². The first-order valence-electron chi connectivity index (χ1n) is 8.95. The van der Waals surface area contributed by atoms with E-state index in [0.29, 0.717) is 32.6 Å². The van der Waals surface area contributed by atoms with E-state index in [0.717, 1.165) is 12.8 Å². The lowest BCUT2D eigenvalue weighted by molar-refractivity contribution is -0.132. The van der Waals surface area contributed by atoms with Crippen LogP contribution in [0.1, 0.15) is 55.8 Å². The summed E-state index contributed by atoms with van der Waals surface area (Å²) >= 11 is 0. The summed E-state index contributed by atoms with van der Waals surface area (Å²) in [7, 11) is 0. The molecule has 0 atom stereocenters. The first kappa shape index (κ1) is 18.4. The zero-order chi connectivity index (χ0) is 17.4. The summed E-state index contributed by atoms with van der Waals surface area (Å²) in [5.41, 5.74) is 0.105. The lowest BCUT2D eigenvalue weighted by atomic mass is 10.1. The Hall–Kier alpha value is -1.91. The molecule has 5 heteroatoms. The average Bonchev–Trinajstić information content (AvgIpc) is 2.61. The molecule has 1 aliphatic heterocycles. The predicted molar refractivity (Wildman–Crippen MR) is 92.3 cm³/mol. The van der Waals surface area contributed by atoms with Crippen molar-refractivity contribution < 1.29 is 14.0 Å². The zero-order valence-electron chi connectivity index (χ0n) is 14.5. The summed E-state index contributed by atoms with van der Waals surface area (Å²) in [4.78, 5) is 28.0. The molecule has 0 bridgehead atoms. The van der Waals surface area contributed by atoms with Gasteiger partial charge < -0.3 is 9.80 Å². The molecular formula is C19H27FN2O2. The van der Waals surface area contributed by atoms with Crippen molar-refractivity contribution in [3.05, 3.63) is 35.6 Å². The van der Waals surface area contributed by atoms with E-state index >= 15 is 0 Å². The summed E-state index contributed by atoms with van der Waals surface area (Å²) in [5.74, 6) is -0.614. The van der Waals surface area contributed by atoms with Crippen LogP contribution in [-0.2, 0) is 4.79 Å². The Morgan fingerprint density at radius 2 is 1.58 bits per heavy atom. The van der Waals surface area contributed by atoms with E-state index in [4.69, 9.17) is 0 Å². The Kier molecular flexibility index (Phi) is 7.22. The third-order valence-corrected chi connectivity index (χ3v) is 4.52. The maximum absolute atomic E-state index is 13.7. The average molecular weight is 334 g/mol. The monoisotopic (exact) mass is 334 g/mol. The molecule has 1 aromatic rings. The quantitative estimate of drug-likeness (QED) is 0.716. The second kappa shape index (κ2) is 9.40. The second-order valence-corrected chi connectivity index (χ2v) is 6.32. The summed E-state index contributed by atoms with van der Waals surface area (Å²) in [5, 5.41) is 0. The van der Waals surface area contributed by atoms with Crippen molar-refractivity contribution in [2.75, 3.05) is 26.2 Å². The summed E-state index contributed by atoms with van der Waals surface area (Å²) < 4.78 is 13.7. The largest absolute Gasteiger partial charge is 0.339 e. The van der Waals surface area contributed by atoms with Gasteiger partial charge in [0.1, 0.15) is 5.82 Å². The maximum Gasteiger partial charge on any atom is 0.256 e. The van der Waals surface area contributed by atoms with Crippen molar-refractivity contribution in [1.29, 1.82) is 0 Å². The van der Waals surface area contributed by atoms with Gasteiger partial charge in [0.25, 0.3) is 5.91 Å².